The van der Waals surface area contributed by atoms with Gasteiger partial charge in [-0.25, -0.2) is 4.99 Å². The largest absolute Gasteiger partial charge is 0.479 e. The molecule has 0 spiro atoms. The minimum absolute atomic E-state index is 0.402. The predicted molar refractivity (Wildman–Crippen MR) is 57.6 cm³/mol. The molecule has 3 nitrogen and oxygen atoms in total. The Morgan fingerprint density at radius 2 is 2.43 bits per heavy atom. The Hall–Kier alpha value is -0.570. The van der Waals surface area contributed by atoms with Crippen LogP contribution in [-0.4, -0.2) is 31.6 Å². The van der Waals surface area contributed by atoms with Crippen LogP contribution in [0, 0.1) is 11.8 Å². The summed E-state index contributed by atoms with van der Waals surface area (Å²) >= 11 is 0. The highest BCUT2D eigenvalue weighted by Gasteiger charge is 2.25. The summed E-state index contributed by atoms with van der Waals surface area (Å²) < 4.78 is 5.61. The Morgan fingerprint density at radius 1 is 1.57 bits per heavy atom. The van der Waals surface area contributed by atoms with Gasteiger partial charge < -0.3 is 10.1 Å². The summed E-state index contributed by atoms with van der Waals surface area (Å²) in [6.07, 6.45) is 2.31. The second kappa shape index (κ2) is 4.30. The molecule has 2 aliphatic heterocycles. The molecule has 2 aliphatic rings. The van der Waals surface area contributed by atoms with Crippen LogP contribution >= 0.6 is 0 Å². The van der Waals surface area contributed by atoms with E-state index in [0.717, 1.165) is 37.9 Å². The van der Waals surface area contributed by atoms with Crippen LogP contribution in [0.15, 0.2) is 4.99 Å². The van der Waals surface area contributed by atoms with Crippen LogP contribution < -0.4 is 5.32 Å². The lowest BCUT2D eigenvalue weighted by molar-refractivity contribution is 0.282. The molecule has 0 aromatic heterocycles. The molecule has 2 unspecified atom stereocenters. The number of hydrogen-bond acceptors (Lipinski definition) is 3. The van der Waals surface area contributed by atoms with Gasteiger partial charge in [-0.3, -0.25) is 0 Å². The Morgan fingerprint density at radius 3 is 3.00 bits per heavy atom. The number of rotatable bonds is 3. The predicted octanol–water partition coefficient (Wildman–Crippen LogP) is 1.44. The van der Waals surface area contributed by atoms with Crippen LogP contribution in [0.5, 0.6) is 0 Å². The molecule has 0 bridgehead atoms. The van der Waals surface area contributed by atoms with Gasteiger partial charge in [0.25, 0.3) is 0 Å². The van der Waals surface area contributed by atoms with Gasteiger partial charge in [0.2, 0.25) is 0 Å². The first-order chi connectivity index (χ1) is 6.75. The van der Waals surface area contributed by atoms with Gasteiger partial charge >= 0.3 is 0 Å². The van der Waals surface area contributed by atoms with Crippen molar-refractivity contribution in [1.82, 2.24) is 5.32 Å². The minimum atomic E-state index is 0.402. The fourth-order valence-corrected chi connectivity index (χ4v) is 2.03. The van der Waals surface area contributed by atoms with Crippen molar-refractivity contribution in [3.63, 3.8) is 0 Å². The molecule has 0 amide bonds. The molecule has 0 aromatic carbocycles. The van der Waals surface area contributed by atoms with Crippen molar-refractivity contribution in [2.75, 3.05) is 19.7 Å². The lowest BCUT2D eigenvalue weighted by Gasteiger charge is -2.07. The first-order valence-electron chi connectivity index (χ1n) is 5.66. The number of ether oxygens (including phenoxy) is 1. The van der Waals surface area contributed by atoms with E-state index in [4.69, 9.17) is 4.74 Å². The average molecular weight is 196 g/mol. The molecule has 1 fully saturated rings. The van der Waals surface area contributed by atoms with E-state index >= 15 is 0 Å². The zero-order valence-corrected chi connectivity index (χ0v) is 9.12. The van der Waals surface area contributed by atoms with E-state index in [-0.39, 0.29) is 0 Å². The highest BCUT2D eigenvalue weighted by Crippen LogP contribution is 2.20. The van der Waals surface area contributed by atoms with E-state index in [1.807, 2.05) is 0 Å². The zero-order chi connectivity index (χ0) is 9.97. The molecular formula is C11H20N2O. The quantitative estimate of drug-likeness (QED) is 0.741. The van der Waals surface area contributed by atoms with Gasteiger partial charge in [0.1, 0.15) is 6.61 Å². The molecule has 2 rings (SSSR count). The van der Waals surface area contributed by atoms with Crippen molar-refractivity contribution in [2.45, 2.75) is 32.7 Å². The van der Waals surface area contributed by atoms with Gasteiger partial charge in [-0.2, -0.15) is 0 Å². The van der Waals surface area contributed by atoms with Crippen molar-refractivity contribution in [3.8, 4) is 0 Å². The summed E-state index contributed by atoms with van der Waals surface area (Å²) in [6.45, 7) is 7.50. The zero-order valence-electron chi connectivity index (χ0n) is 9.12. The third kappa shape index (κ3) is 2.27. The highest BCUT2D eigenvalue weighted by atomic mass is 16.5. The fourth-order valence-electron chi connectivity index (χ4n) is 2.03. The summed E-state index contributed by atoms with van der Waals surface area (Å²) in [6, 6.07) is 0.402. The van der Waals surface area contributed by atoms with Crippen molar-refractivity contribution >= 4 is 5.90 Å². The number of hydrogen-bond donors (Lipinski definition) is 1. The van der Waals surface area contributed by atoms with Gasteiger partial charge in [-0.05, 0) is 31.3 Å². The lowest BCUT2D eigenvalue weighted by Crippen LogP contribution is -2.13. The van der Waals surface area contributed by atoms with Crippen LogP contribution in [0.25, 0.3) is 0 Å². The monoisotopic (exact) mass is 196 g/mol. The van der Waals surface area contributed by atoms with Crippen molar-refractivity contribution < 1.29 is 4.74 Å². The molecule has 80 valence electrons. The normalized spacial score (nSPS) is 32.1. The third-order valence-corrected chi connectivity index (χ3v) is 3.13. The molecular weight excluding hydrogens is 176 g/mol. The standard InChI is InChI=1S/C11H20N2O/c1-8(2)10-7-14-11(13-10)5-9-3-4-12-6-9/h8-10,12H,3-7H2,1-2H3. The number of nitrogens with zero attached hydrogens (tertiary/aromatic N) is 1. The Bertz CT molecular complexity index is 219. The smallest absolute Gasteiger partial charge is 0.183 e. The van der Waals surface area contributed by atoms with Gasteiger partial charge in [-0.15, -0.1) is 0 Å². The van der Waals surface area contributed by atoms with Crippen LogP contribution in [0.1, 0.15) is 26.7 Å². The number of aliphatic imine (C=N–C) groups is 1. The average Bonchev–Trinajstić information content (AvgIpc) is 2.75. The van der Waals surface area contributed by atoms with Gasteiger partial charge in [0, 0.05) is 6.42 Å². The summed E-state index contributed by atoms with van der Waals surface area (Å²) in [5.41, 5.74) is 0. The van der Waals surface area contributed by atoms with E-state index < -0.39 is 0 Å². The molecule has 14 heavy (non-hydrogen) atoms. The van der Waals surface area contributed by atoms with Crippen molar-refractivity contribution in [1.29, 1.82) is 0 Å². The van der Waals surface area contributed by atoms with Gasteiger partial charge in [0.15, 0.2) is 5.90 Å². The molecule has 1 N–H and O–H groups in total. The Labute approximate surface area is 85.9 Å². The fraction of sp³-hybridized carbons (Fsp3) is 0.909. The topological polar surface area (TPSA) is 33.6 Å². The third-order valence-electron chi connectivity index (χ3n) is 3.13. The first-order valence-corrected chi connectivity index (χ1v) is 5.66. The van der Waals surface area contributed by atoms with Crippen LogP contribution in [0.2, 0.25) is 0 Å². The molecule has 0 aliphatic carbocycles. The van der Waals surface area contributed by atoms with Crippen LogP contribution in [-0.2, 0) is 4.74 Å². The number of nitrogens with one attached hydrogen (secondary N) is 1. The van der Waals surface area contributed by atoms with E-state index in [0.29, 0.717) is 12.0 Å². The van der Waals surface area contributed by atoms with Crippen molar-refractivity contribution in [2.24, 2.45) is 16.8 Å². The maximum Gasteiger partial charge on any atom is 0.183 e. The van der Waals surface area contributed by atoms with Gasteiger partial charge in [-0.1, -0.05) is 13.8 Å². The second-order valence-corrected chi connectivity index (χ2v) is 4.71. The van der Waals surface area contributed by atoms with E-state index in [1.165, 1.54) is 6.42 Å². The molecule has 2 atom stereocenters. The molecule has 2 heterocycles. The summed E-state index contributed by atoms with van der Waals surface area (Å²) in [7, 11) is 0. The maximum atomic E-state index is 5.61. The van der Waals surface area contributed by atoms with Crippen LogP contribution in [0.4, 0.5) is 0 Å². The van der Waals surface area contributed by atoms with E-state index in [9.17, 15) is 0 Å². The van der Waals surface area contributed by atoms with Gasteiger partial charge in [0.05, 0.1) is 6.04 Å². The Balaban J connectivity index is 1.83. The molecule has 0 aromatic rings. The molecule has 3 heteroatoms. The van der Waals surface area contributed by atoms with Crippen LogP contribution in [0.3, 0.4) is 0 Å². The van der Waals surface area contributed by atoms with E-state index in [1.54, 1.807) is 0 Å². The Kier molecular flexibility index (Phi) is 3.06. The van der Waals surface area contributed by atoms with Crippen molar-refractivity contribution in [3.05, 3.63) is 0 Å². The SMILES string of the molecule is CC(C)C1COC(CC2CCNC2)=N1. The highest BCUT2D eigenvalue weighted by molar-refractivity contribution is 5.78. The molecule has 0 saturated carbocycles. The minimum Gasteiger partial charge on any atom is -0.479 e. The summed E-state index contributed by atoms with van der Waals surface area (Å²) in [5.74, 6) is 2.35. The second-order valence-electron chi connectivity index (χ2n) is 4.71. The molecule has 1 saturated heterocycles. The van der Waals surface area contributed by atoms with E-state index in [2.05, 4.69) is 24.2 Å². The summed E-state index contributed by atoms with van der Waals surface area (Å²) in [5, 5.41) is 3.37. The first kappa shape index (κ1) is 9.97. The lowest BCUT2D eigenvalue weighted by atomic mass is 10.1. The molecule has 0 radical (unpaired) electrons. The summed E-state index contributed by atoms with van der Waals surface area (Å²) in [4.78, 5) is 4.62. The maximum absolute atomic E-state index is 5.61.